The Kier molecular flexibility index (Phi) is 14.5. The molecule has 5 rings (SSSR count). The van der Waals surface area contributed by atoms with Crippen LogP contribution in [0.1, 0.15) is 48.5 Å². The second-order valence-electron chi connectivity index (χ2n) is 12.8. The molecule has 4 aromatic rings. The van der Waals surface area contributed by atoms with Crippen LogP contribution in [0, 0.1) is 0 Å². The zero-order chi connectivity index (χ0) is 39.8. The number of ether oxygens (including phenoxy) is 1. The van der Waals surface area contributed by atoms with Crippen molar-refractivity contribution in [1.82, 2.24) is 15.0 Å². The molecule has 1 aromatic heterocycles. The Hall–Kier alpha value is -3.89. The van der Waals surface area contributed by atoms with Gasteiger partial charge in [-0.2, -0.15) is 0 Å². The number of carbonyl (C=O) groups excluding carboxylic acids is 2. The first-order valence-corrected chi connectivity index (χ1v) is 19.4. The molecule has 0 saturated heterocycles. The Morgan fingerprint density at radius 3 is 1.67 bits per heavy atom. The minimum absolute atomic E-state index is 0.0998. The van der Waals surface area contributed by atoms with E-state index in [1.54, 1.807) is 24.3 Å². The van der Waals surface area contributed by atoms with Gasteiger partial charge in [-0.3, -0.25) is 9.59 Å². The fourth-order valence-corrected chi connectivity index (χ4v) is 6.00. The van der Waals surface area contributed by atoms with E-state index in [-0.39, 0.29) is 35.6 Å². The van der Waals surface area contributed by atoms with E-state index in [1.165, 1.54) is 0 Å². The lowest BCUT2D eigenvalue weighted by molar-refractivity contribution is -0.134. The lowest BCUT2D eigenvalue weighted by Crippen LogP contribution is -2.20. The van der Waals surface area contributed by atoms with E-state index in [9.17, 15) is 9.59 Å². The van der Waals surface area contributed by atoms with Gasteiger partial charge in [-0.25, -0.2) is 15.0 Å². The van der Waals surface area contributed by atoms with E-state index < -0.39 is 7.59 Å². The molecule has 0 spiro atoms. The minimum Gasteiger partial charge on any atom is -0.427 e. The highest BCUT2D eigenvalue weighted by Gasteiger charge is 2.34. The van der Waals surface area contributed by atoms with Crippen LogP contribution in [0.15, 0.2) is 108 Å². The fourth-order valence-electron chi connectivity index (χ4n) is 5.50. The van der Waals surface area contributed by atoms with Crippen molar-refractivity contribution in [3.05, 3.63) is 131 Å². The summed E-state index contributed by atoms with van der Waals surface area (Å²) in [6.07, 6.45) is 14.0. The zero-order valence-electron chi connectivity index (χ0n) is 30.2. The molecule has 1 aliphatic carbocycles. The molecule has 0 amide bonds. The van der Waals surface area contributed by atoms with Crippen LogP contribution < -0.4 is 14.5 Å². The number of ketones is 1. The highest BCUT2D eigenvalue weighted by molar-refractivity contribution is 6.67. The average Bonchev–Trinajstić information content (AvgIpc) is 3.49. The van der Waals surface area contributed by atoms with Crippen LogP contribution in [0.2, 0.25) is 0 Å². The summed E-state index contributed by atoms with van der Waals surface area (Å²) in [7, 11) is 5.99. The van der Waals surface area contributed by atoms with Crippen molar-refractivity contribution >= 4 is 105 Å². The van der Waals surface area contributed by atoms with E-state index >= 15 is 0 Å². The van der Waals surface area contributed by atoms with Crippen LogP contribution in [0.3, 0.4) is 0 Å². The summed E-state index contributed by atoms with van der Waals surface area (Å²) in [5.74, 6) is -0.254. The van der Waals surface area contributed by atoms with Crippen LogP contribution in [0.25, 0.3) is 23.5 Å². The molecule has 1 saturated carbocycles. The monoisotopic (exact) mass is 857 g/mol. The van der Waals surface area contributed by atoms with Crippen LogP contribution in [-0.4, -0.2) is 54.4 Å². The molecule has 0 N–H and O–H groups in total. The van der Waals surface area contributed by atoms with Crippen molar-refractivity contribution in [3.63, 3.8) is 0 Å². The summed E-state index contributed by atoms with van der Waals surface area (Å²) in [4.78, 5) is 42.0. The number of Topliss-reactive ketones (excluding diaryl/α,β-unsaturated/α-hetero) is 1. The first kappa shape index (κ1) is 42.3. The molecule has 8 nitrogen and oxygen atoms in total. The molecule has 286 valence electrons. The Balaban J connectivity index is 1.07. The van der Waals surface area contributed by atoms with Gasteiger partial charge in [0.05, 0.1) is 0 Å². The Morgan fingerprint density at radius 2 is 1.20 bits per heavy atom. The van der Waals surface area contributed by atoms with Crippen LogP contribution in [0.4, 0.5) is 11.4 Å². The molecule has 1 aliphatic rings. The smallest absolute Gasteiger partial charge is 0.311 e. The molecule has 14 heteroatoms. The number of aromatic nitrogens is 3. The van der Waals surface area contributed by atoms with Gasteiger partial charge in [0, 0.05) is 62.2 Å². The number of hydrogen-bond acceptors (Lipinski definition) is 8. The number of rotatable bonds is 12. The van der Waals surface area contributed by atoms with Crippen LogP contribution in [0.5, 0.6) is 5.75 Å². The summed E-state index contributed by atoms with van der Waals surface area (Å²) in [6.45, 7) is 0.641. The Bertz CT molecular complexity index is 2070. The zero-order valence-corrected chi connectivity index (χ0v) is 34.7. The number of alkyl halides is 6. The molecule has 1 heterocycles. The number of carbonyl (C=O) groups is 2. The lowest BCUT2D eigenvalue weighted by atomic mass is 10.1. The molecule has 0 atom stereocenters. The summed E-state index contributed by atoms with van der Waals surface area (Å²) in [6, 6.07) is 22.8. The van der Waals surface area contributed by atoms with Crippen molar-refractivity contribution in [2.75, 3.05) is 37.5 Å². The van der Waals surface area contributed by atoms with E-state index in [1.807, 2.05) is 81.9 Å². The highest BCUT2D eigenvalue weighted by Crippen LogP contribution is 2.41. The standard InChI is InChI=1S/C41H37Cl6N5O3/c1-51(2)32-20-12-27(13-21-32)7-4-9-29-16-17-30(36(29)54)10-5-8-28-14-22-33(23-15-28)52(3)26-6-11-35(53)55-34-24-18-31(19-25-34)37-48-38(40(42,43)44)50-39(49-37)41(45,46)47/h4-5,7-10,12-15,18-25H,6,11,16-17,26H2,1-3H3. The van der Waals surface area contributed by atoms with Gasteiger partial charge in [0.15, 0.2) is 23.3 Å². The quantitative estimate of drug-likeness (QED) is 0.0602. The molecule has 55 heavy (non-hydrogen) atoms. The predicted molar refractivity (Wildman–Crippen MR) is 228 cm³/mol. The van der Waals surface area contributed by atoms with Gasteiger partial charge in [-0.1, -0.05) is 130 Å². The second-order valence-corrected chi connectivity index (χ2v) is 17.4. The Morgan fingerprint density at radius 1 is 0.709 bits per heavy atom. The number of esters is 1. The molecule has 0 aliphatic heterocycles. The van der Waals surface area contributed by atoms with Crippen LogP contribution in [-0.2, 0) is 17.2 Å². The molecular weight excluding hydrogens is 823 g/mol. The van der Waals surface area contributed by atoms with Crippen molar-refractivity contribution in [3.8, 4) is 17.1 Å². The Labute approximate surface area is 351 Å². The second kappa shape index (κ2) is 18.8. The van der Waals surface area contributed by atoms with E-state index in [2.05, 4.69) is 49.0 Å². The van der Waals surface area contributed by atoms with Gasteiger partial charge in [0.2, 0.25) is 7.59 Å². The number of hydrogen-bond donors (Lipinski definition) is 0. The maximum atomic E-state index is 12.9. The lowest BCUT2D eigenvalue weighted by Gasteiger charge is -2.19. The number of anilines is 2. The van der Waals surface area contributed by atoms with Gasteiger partial charge < -0.3 is 14.5 Å². The molecule has 0 bridgehead atoms. The van der Waals surface area contributed by atoms with E-state index in [0.29, 0.717) is 24.3 Å². The van der Waals surface area contributed by atoms with Gasteiger partial charge in [-0.05, 0) is 78.9 Å². The van der Waals surface area contributed by atoms with Crippen molar-refractivity contribution in [2.24, 2.45) is 0 Å². The van der Waals surface area contributed by atoms with Gasteiger partial charge in [0.25, 0.3) is 0 Å². The maximum Gasteiger partial charge on any atom is 0.311 e. The number of benzene rings is 3. The summed E-state index contributed by atoms with van der Waals surface area (Å²) in [5.41, 5.74) is 6.38. The molecule has 3 aromatic carbocycles. The van der Waals surface area contributed by atoms with Gasteiger partial charge in [0.1, 0.15) is 5.75 Å². The summed E-state index contributed by atoms with van der Waals surface area (Å²) < 4.78 is 1.56. The molecule has 0 unspecified atom stereocenters. The van der Waals surface area contributed by atoms with Crippen molar-refractivity contribution in [2.45, 2.75) is 33.3 Å². The summed E-state index contributed by atoms with van der Waals surface area (Å²) >= 11 is 35.8. The van der Waals surface area contributed by atoms with Crippen molar-refractivity contribution < 1.29 is 14.3 Å². The third kappa shape index (κ3) is 12.3. The predicted octanol–water partition coefficient (Wildman–Crippen LogP) is 11.0. The van der Waals surface area contributed by atoms with Crippen molar-refractivity contribution in [1.29, 1.82) is 0 Å². The number of nitrogens with zero attached hydrogens (tertiary/aromatic N) is 5. The van der Waals surface area contributed by atoms with E-state index in [0.717, 1.165) is 46.5 Å². The van der Waals surface area contributed by atoms with E-state index in [4.69, 9.17) is 74.3 Å². The summed E-state index contributed by atoms with van der Waals surface area (Å²) in [5, 5.41) is 0. The third-order valence-corrected chi connectivity index (χ3v) is 9.54. The SMILES string of the molecule is CN(C)c1ccc(C=CC=C2CCC(=CC=Cc3ccc(N(C)CCCC(=O)Oc4ccc(-c5nc(C(Cl)(Cl)Cl)nc(C(Cl)(Cl)Cl)n5)cc4)cc3)C2=O)cc1. The van der Waals surface area contributed by atoms with Gasteiger partial charge >= 0.3 is 5.97 Å². The average molecular weight is 860 g/mol. The molecule has 1 fully saturated rings. The molecular formula is C41H37Cl6N5O3. The normalized spacial score (nSPS) is 15.1. The fraction of sp³-hybridized carbons (Fsp3) is 0.244. The number of allylic oxidation sites excluding steroid dienone is 6. The van der Waals surface area contributed by atoms with Gasteiger partial charge in [-0.15, -0.1) is 0 Å². The minimum atomic E-state index is -1.98. The maximum absolute atomic E-state index is 12.9. The largest absolute Gasteiger partial charge is 0.427 e. The topological polar surface area (TPSA) is 88.5 Å². The third-order valence-electron chi connectivity index (χ3n) is 8.52. The highest BCUT2D eigenvalue weighted by atomic mass is 35.6. The van der Waals surface area contributed by atoms with Crippen LogP contribution >= 0.6 is 69.6 Å². The number of halogens is 6. The molecule has 0 radical (unpaired) electrons. The first-order chi connectivity index (χ1) is 26.1. The first-order valence-electron chi connectivity index (χ1n) is 17.2.